The summed E-state index contributed by atoms with van der Waals surface area (Å²) in [6.45, 7) is 7.94. The maximum absolute atomic E-state index is 13.4. The van der Waals surface area contributed by atoms with Crippen molar-refractivity contribution in [3.05, 3.63) is 71.8 Å². The average molecular weight is 417 g/mol. The third-order valence-corrected chi connectivity index (χ3v) is 6.56. The minimum atomic E-state index is -0.846. The molecule has 0 bridgehead atoms. The first-order valence-electron chi connectivity index (χ1n) is 11.1. The van der Waals surface area contributed by atoms with E-state index in [-0.39, 0.29) is 17.9 Å². The number of piperidine rings is 1. The molecule has 1 saturated heterocycles. The summed E-state index contributed by atoms with van der Waals surface area (Å²) in [5, 5.41) is 12.4. The second-order valence-electron chi connectivity index (χ2n) is 9.76. The van der Waals surface area contributed by atoms with E-state index in [1.807, 2.05) is 29.2 Å². The lowest BCUT2D eigenvalue weighted by Crippen LogP contribution is -2.50. The fourth-order valence-electron chi connectivity index (χ4n) is 4.39. The zero-order valence-electron chi connectivity index (χ0n) is 18.7. The highest BCUT2D eigenvalue weighted by Gasteiger charge is 2.33. The summed E-state index contributed by atoms with van der Waals surface area (Å²) in [4.78, 5) is 15.2. The van der Waals surface area contributed by atoms with Crippen LogP contribution in [0.5, 0.6) is 0 Å². The molecule has 1 amide bonds. The number of likely N-dealkylation sites (tertiary alicyclic amines) is 1. The highest BCUT2D eigenvalue weighted by molar-refractivity contribution is 6.11. The number of aliphatic hydroxyl groups is 1. The van der Waals surface area contributed by atoms with Crippen molar-refractivity contribution < 1.29 is 9.90 Å². The highest BCUT2D eigenvalue weighted by atomic mass is 16.3. The highest BCUT2D eigenvalue weighted by Crippen LogP contribution is 2.34. The molecule has 4 nitrogen and oxygen atoms in total. The largest absolute Gasteiger partial charge is 0.388 e. The second kappa shape index (κ2) is 8.10. The SMILES string of the molecule is CC(C)(C)c1cccc(-c2ccc(C(=O)N3CCC(O)(CN)CC3)c3ccccc23)c1. The Bertz CT molecular complexity index is 1110. The van der Waals surface area contributed by atoms with Gasteiger partial charge in [-0.15, -0.1) is 0 Å². The van der Waals surface area contributed by atoms with Crippen molar-refractivity contribution in [2.24, 2.45) is 5.73 Å². The normalized spacial score (nSPS) is 16.5. The standard InChI is InChI=1S/C27H32N2O2/c1-26(2,3)20-8-6-7-19(17-20)21-11-12-24(23-10-5-4-9-22(21)23)25(30)29-15-13-27(31,18-28)14-16-29/h4-12,17,31H,13-16,18,28H2,1-3H3. The maximum atomic E-state index is 13.4. The molecule has 1 heterocycles. The zero-order valence-corrected chi connectivity index (χ0v) is 18.7. The molecule has 3 aromatic carbocycles. The summed E-state index contributed by atoms with van der Waals surface area (Å²) in [6, 6.07) is 20.8. The van der Waals surface area contributed by atoms with E-state index in [0.29, 0.717) is 31.5 Å². The summed E-state index contributed by atoms with van der Waals surface area (Å²) in [5.74, 6) is 0.0188. The number of amides is 1. The first-order valence-corrected chi connectivity index (χ1v) is 11.1. The molecule has 1 aliphatic rings. The van der Waals surface area contributed by atoms with E-state index in [4.69, 9.17) is 5.73 Å². The maximum Gasteiger partial charge on any atom is 0.254 e. The van der Waals surface area contributed by atoms with Crippen LogP contribution in [-0.4, -0.2) is 41.1 Å². The summed E-state index contributed by atoms with van der Waals surface area (Å²) in [5.41, 5.74) is 9.22. The summed E-state index contributed by atoms with van der Waals surface area (Å²) < 4.78 is 0. The van der Waals surface area contributed by atoms with Crippen molar-refractivity contribution in [3.8, 4) is 11.1 Å². The Morgan fingerprint density at radius 1 is 1.00 bits per heavy atom. The molecule has 0 atom stereocenters. The monoisotopic (exact) mass is 416 g/mol. The second-order valence-corrected chi connectivity index (χ2v) is 9.76. The Hall–Kier alpha value is -2.69. The van der Waals surface area contributed by atoms with Crippen LogP contribution < -0.4 is 5.73 Å². The quantitative estimate of drug-likeness (QED) is 0.649. The van der Waals surface area contributed by atoms with Crippen molar-refractivity contribution in [1.29, 1.82) is 0 Å². The minimum absolute atomic E-state index is 0.0188. The third kappa shape index (κ3) is 4.23. The molecule has 31 heavy (non-hydrogen) atoms. The van der Waals surface area contributed by atoms with Gasteiger partial charge in [0.05, 0.1) is 5.60 Å². The van der Waals surface area contributed by atoms with Gasteiger partial charge < -0.3 is 15.7 Å². The van der Waals surface area contributed by atoms with Gasteiger partial charge in [0.1, 0.15) is 0 Å². The van der Waals surface area contributed by atoms with Crippen LogP contribution in [0.15, 0.2) is 60.7 Å². The predicted octanol–water partition coefficient (Wildman–Crippen LogP) is 4.73. The topological polar surface area (TPSA) is 66.6 Å². The number of carbonyl (C=O) groups is 1. The molecule has 0 spiro atoms. The number of rotatable bonds is 3. The van der Waals surface area contributed by atoms with Crippen LogP contribution >= 0.6 is 0 Å². The van der Waals surface area contributed by atoms with Gasteiger partial charge in [0, 0.05) is 25.2 Å². The zero-order chi connectivity index (χ0) is 22.2. The van der Waals surface area contributed by atoms with Crippen LogP contribution in [0.2, 0.25) is 0 Å². The molecule has 0 unspecified atom stereocenters. The van der Waals surface area contributed by atoms with Gasteiger partial charge in [0.25, 0.3) is 5.91 Å². The number of carbonyl (C=O) groups excluding carboxylic acids is 1. The lowest BCUT2D eigenvalue weighted by molar-refractivity contribution is -0.00946. The molecule has 162 valence electrons. The van der Waals surface area contributed by atoms with Crippen LogP contribution in [0.4, 0.5) is 0 Å². The smallest absolute Gasteiger partial charge is 0.254 e. The van der Waals surface area contributed by atoms with Crippen molar-refractivity contribution in [1.82, 2.24) is 4.90 Å². The number of benzene rings is 3. The molecular formula is C27H32N2O2. The van der Waals surface area contributed by atoms with Crippen molar-refractivity contribution in [2.45, 2.75) is 44.6 Å². The predicted molar refractivity (Wildman–Crippen MR) is 127 cm³/mol. The molecule has 0 aromatic heterocycles. The molecule has 0 aliphatic carbocycles. The van der Waals surface area contributed by atoms with E-state index in [1.165, 1.54) is 5.56 Å². The lowest BCUT2D eigenvalue weighted by atomic mass is 9.84. The van der Waals surface area contributed by atoms with E-state index < -0.39 is 5.60 Å². The van der Waals surface area contributed by atoms with Crippen molar-refractivity contribution in [3.63, 3.8) is 0 Å². The molecule has 1 fully saturated rings. The van der Waals surface area contributed by atoms with Crippen LogP contribution in [0.3, 0.4) is 0 Å². The van der Waals surface area contributed by atoms with E-state index in [2.05, 4.69) is 57.2 Å². The number of hydrogen-bond donors (Lipinski definition) is 2. The van der Waals surface area contributed by atoms with Crippen LogP contribution in [0.25, 0.3) is 21.9 Å². The number of hydrogen-bond acceptors (Lipinski definition) is 3. The third-order valence-electron chi connectivity index (χ3n) is 6.56. The summed E-state index contributed by atoms with van der Waals surface area (Å²) >= 11 is 0. The van der Waals surface area contributed by atoms with Crippen LogP contribution in [0, 0.1) is 0 Å². The van der Waals surface area contributed by atoms with Crippen molar-refractivity contribution in [2.75, 3.05) is 19.6 Å². The lowest BCUT2D eigenvalue weighted by Gasteiger charge is -2.37. The molecule has 4 rings (SSSR count). The Morgan fingerprint density at radius 2 is 1.68 bits per heavy atom. The van der Waals surface area contributed by atoms with Crippen molar-refractivity contribution >= 4 is 16.7 Å². The van der Waals surface area contributed by atoms with Gasteiger partial charge in [-0.25, -0.2) is 0 Å². The first kappa shape index (κ1) is 21.5. The van der Waals surface area contributed by atoms with Gasteiger partial charge >= 0.3 is 0 Å². The van der Waals surface area contributed by atoms with Gasteiger partial charge in [-0.05, 0) is 51.8 Å². The first-order chi connectivity index (χ1) is 14.7. The van der Waals surface area contributed by atoms with Gasteiger partial charge in [-0.1, -0.05) is 75.4 Å². The summed E-state index contributed by atoms with van der Waals surface area (Å²) in [6.07, 6.45) is 1.04. The fourth-order valence-corrected chi connectivity index (χ4v) is 4.39. The Labute approximate surface area is 184 Å². The van der Waals surface area contributed by atoms with Gasteiger partial charge in [-0.2, -0.15) is 0 Å². The molecule has 0 radical (unpaired) electrons. The van der Waals surface area contributed by atoms with E-state index >= 15 is 0 Å². The van der Waals surface area contributed by atoms with E-state index in [9.17, 15) is 9.90 Å². The number of nitrogens with two attached hydrogens (primary N) is 1. The average Bonchev–Trinajstić information content (AvgIpc) is 2.78. The minimum Gasteiger partial charge on any atom is -0.388 e. The molecule has 3 aromatic rings. The Kier molecular flexibility index (Phi) is 5.63. The Morgan fingerprint density at radius 3 is 2.32 bits per heavy atom. The number of nitrogens with zero attached hydrogens (tertiary/aromatic N) is 1. The van der Waals surface area contributed by atoms with Gasteiger partial charge in [0.15, 0.2) is 0 Å². The van der Waals surface area contributed by atoms with Gasteiger partial charge in [0.2, 0.25) is 0 Å². The molecule has 0 saturated carbocycles. The fraction of sp³-hybridized carbons (Fsp3) is 0.370. The number of fused-ring (bicyclic) bond motifs is 1. The molecule has 1 aliphatic heterocycles. The van der Waals surface area contributed by atoms with Crippen LogP contribution in [0.1, 0.15) is 49.5 Å². The molecule has 4 heteroatoms. The summed E-state index contributed by atoms with van der Waals surface area (Å²) in [7, 11) is 0. The Balaban J connectivity index is 1.72. The van der Waals surface area contributed by atoms with Gasteiger partial charge in [-0.3, -0.25) is 4.79 Å². The van der Waals surface area contributed by atoms with E-state index in [0.717, 1.165) is 21.9 Å². The molecule has 3 N–H and O–H groups in total. The molecular weight excluding hydrogens is 384 g/mol. The van der Waals surface area contributed by atoms with Crippen LogP contribution in [-0.2, 0) is 5.41 Å². The van der Waals surface area contributed by atoms with E-state index in [1.54, 1.807) is 0 Å².